The van der Waals surface area contributed by atoms with Crippen LogP contribution < -0.4 is 5.32 Å². The molecule has 0 aromatic carbocycles. The number of ether oxygens (including phenoxy) is 1. The van der Waals surface area contributed by atoms with Gasteiger partial charge in [-0.25, -0.2) is 4.98 Å². The maximum Gasteiger partial charge on any atom is 0.187 e. The third-order valence-corrected chi connectivity index (χ3v) is 2.67. The molecule has 0 amide bonds. The Morgan fingerprint density at radius 2 is 2.50 bits per heavy atom. The van der Waals surface area contributed by atoms with E-state index in [0.717, 1.165) is 24.0 Å². The van der Waals surface area contributed by atoms with Crippen molar-refractivity contribution in [3.8, 4) is 0 Å². The quantitative estimate of drug-likeness (QED) is 0.783. The Morgan fingerprint density at radius 3 is 3.25 bits per heavy atom. The molecule has 0 spiro atoms. The fourth-order valence-electron chi connectivity index (χ4n) is 1.26. The summed E-state index contributed by atoms with van der Waals surface area (Å²) in [7, 11) is 0. The van der Waals surface area contributed by atoms with E-state index in [-0.39, 0.29) is 0 Å². The van der Waals surface area contributed by atoms with Gasteiger partial charge < -0.3 is 10.1 Å². The number of anilines is 2. The average molecular weight is 238 g/mol. The van der Waals surface area contributed by atoms with Crippen LogP contribution in [-0.2, 0) is 11.3 Å². The standard InChI is InChI=1S/C10H14N4OS/c1-2-15-5-4-14-8-9(7-12-14)13-10-11-3-6-16-10/h3,6-8H,2,4-5H2,1H3,(H,11,13). The molecule has 0 radical (unpaired) electrons. The molecule has 5 nitrogen and oxygen atoms in total. The van der Waals surface area contributed by atoms with Crippen molar-refractivity contribution in [3.05, 3.63) is 24.0 Å². The van der Waals surface area contributed by atoms with Gasteiger partial charge in [-0.2, -0.15) is 5.10 Å². The van der Waals surface area contributed by atoms with Gasteiger partial charge in [-0.15, -0.1) is 11.3 Å². The molecule has 0 fully saturated rings. The first kappa shape index (κ1) is 11.1. The Balaban J connectivity index is 1.87. The zero-order chi connectivity index (χ0) is 11.2. The highest BCUT2D eigenvalue weighted by atomic mass is 32.1. The van der Waals surface area contributed by atoms with Crippen LogP contribution in [0.25, 0.3) is 0 Å². The Bertz CT molecular complexity index is 412. The second-order valence-corrected chi connectivity index (χ2v) is 4.05. The first-order valence-corrected chi connectivity index (χ1v) is 6.03. The van der Waals surface area contributed by atoms with Crippen LogP contribution in [0.5, 0.6) is 0 Å². The molecule has 86 valence electrons. The van der Waals surface area contributed by atoms with Crippen molar-refractivity contribution in [2.75, 3.05) is 18.5 Å². The molecule has 2 rings (SSSR count). The van der Waals surface area contributed by atoms with Crippen molar-refractivity contribution < 1.29 is 4.74 Å². The highest BCUT2D eigenvalue weighted by Gasteiger charge is 2.00. The lowest BCUT2D eigenvalue weighted by Crippen LogP contribution is -2.05. The van der Waals surface area contributed by atoms with E-state index in [0.29, 0.717) is 6.61 Å². The minimum atomic E-state index is 0.689. The summed E-state index contributed by atoms with van der Waals surface area (Å²) in [4.78, 5) is 4.14. The zero-order valence-electron chi connectivity index (χ0n) is 9.09. The molecule has 0 saturated carbocycles. The van der Waals surface area contributed by atoms with E-state index in [2.05, 4.69) is 15.4 Å². The van der Waals surface area contributed by atoms with Crippen LogP contribution in [0.4, 0.5) is 10.8 Å². The number of rotatable bonds is 6. The molecular weight excluding hydrogens is 224 g/mol. The van der Waals surface area contributed by atoms with Crippen molar-refractivity contribution in [1.82, 2.24) is 14.8 Å². The number of aromatic nitrogens is 3. The molecule has 0 aliphatic heterocycles. The third-order valence-electron chi connectivity index (χ3n) is 1.99. The SMILES string of the molecule is CCOCCn1cc(Nc2nccs2)cn1. The van der Waals surface area contributed by atoms with Gasteiger partial charge in [0, 0.05) is 24.4 Å². The van der Waals surface area contributed by atoms with Gasteiger partial charge in [0.05, 0.1) is 25.0 Å². The Labute approximate surface area is 98.1 Å². The molecule has 0 saturated heterocycles. The van der Waals surface area contributed by atoms with Crippen LogP contribution in [0.3, 0.4) is 0 Å². The number of hydrogen-bond donors (Lipinski definition) is 1. The second kappa shape index (κ2) is 5.62. The fraction of sp³-hybridized carbons (Fsp3) is 0.400. The first-order valence-electron chi connectivity index (χ1n) is 5.15. The Morgan fingerprint density at radius 1 is 1.56 bits per heavy atom. The average Bonchev–Trinajstić information content (AvgIpc) is 2.91. The van der Waals surface area contributed by atoms with Crippen molar-refractivity contribution in [3.63, 3.8) is 0 Å². The van der Waals surface area contributed by atoms with Crippen LogP contribution >= 0.6 is 11.3 Å². The first-order chi connectivity index (χ1) is 7.88. The van der Waals surface area contributed by atoms with Crippen LogP contribution in [-0.4, -0.2) is 28.0 Å². The van der Waals surface area contributed by atoms with Gasteiger partial charge in [0.2, 0.25) is 0 Å². The van der Waals surface area contributed by atoms with Crippen LogP contribution in [0.2, 0.25) is 0 Å². The largest absolute Gasteiger partial charge is 0.380 e. The summed E-state index contributed by atoms with van der Waals surface area (Å²) in [5, 5.41) is 10.2. The van der Waals surface area contributed by atoms with Gasteiger partial charge in [-0.1, -0.05) is 0 Å². The van der Waals surface area contributed by atoms with E-state index >= 15 is 0 Å². The lowest BCUT2D eigenvalue weighted by atomic mass is 10.6. The number of nitrogens with one attached hydrogen (secondary N) is 1. The molecule has 0 bridgehead atoms. The molecule has 0 atom stereocenters. The summed E-state index contributed by atoms with van der Waals surface area (Å²) in [5.41, 5.74) is 0.950. The molecule has 0 aliphatic carbocycles. The second-order valence-electron chi connectivity index (χ2n) is 3.15. The van der Waals surface area contributed by atoms with E-state index in [1.165, 1.54) is 0 Å². The van der Waals surface area contributed by atoms with Crippen molar-refractivity contribution in [1.29, 1.82) is 0 Å². The van der Waals surface area contributed by atoms with E-state index < -0.39 is 0 Å². The van der Waals surface area contributed by atoms with E-state index in [4.69, 9.17) is 4.74 Å². The number of nitrogens with zero attached hydrogens (tertiary/aromatic N) is 3. The highest BCUT2D eigenvalue weighted by molar-refractivity contribution is 7.13. The topological polar surface area (TPSA) is 52.0 Å². The summed E-state index contributed by atoms with van der Waals surface area (Å²) >= 11 is 1.56. The van der Waals surface area contributed by atoms with Crippen LogP contribution in [0.1, 0.15) is 6.92 Å². The van der Waals surface area contributed by atoms with Gasteiger partial charge in [-0.3, -0.25) is 4.68 Å². The fourth-order valence-corrected chi connectivity index (χ4v) is 1.81. The lowest BCUT2D eigenvalue weighted by molar-refractivity contribution is 0.136. The molecule has 6 heteroatoms. The van der Waals surface area contributed by atoms with Gasteiger partial charge in [0.1, 0.15) is 0 Å². The Hall–Kier alpha value is -1.40. The molecule has 16 heavy (non-hydrogen) atoms. The van der Waals surface area contributed by atoms with Gasteiger partial charge in [0.25, 0.3) is 0 Å². The summed E-state index contributed by atoms with van der Waals surface area (Å²) in [6.07, 6.45) is 5.50. The van der Waals surface area contributed by atoms with Gasteiger partial charge in [-0.05, 0) is 6.92 Å². The predicted molar refractivity (Wildman–Crippen MR) is 64.1 cm³/mol. The lowest BCUT2D eigenvalue weighted by Gasteiger charge is -2.00. The summed E-state index contributed by atoms with van der Waals surface area (Å²) in [6, 6.07) is 0. The highest BCUT2D eigenvalue weighted by Crippen LogP contribution is 2.17. The number of hydrogen-bond acceptors (Lipinski definition) is 5. The molecule has 2 aromatic rings. The monoisotopic (exact) mass is 238 g/mol. The summed E-state index contributed by atoms with van der Waals surface area (Å²) in [5.74, 6) is 0. The van der Waals surface area contributed by atoms with Gasteiger partial charge >= 0.3 is 0 Å². The van der Waals surface area contributed by atoms with Crippen molar-refractivity contribution in [2.24, 2.45) is 0 Å². The predicted octanol–water partition coefficient (Wildman–Crippen LogP) is 2.12. The third kappa shape index (κ3) is 3.04. The van der Waals surface area contributed by atoms with Crippen LogP contribution in [0, 0.1) is 0 Å². The maximum absolute atomic E-state index is 5.26. The Kier molecular flexibility index (Phi) is 3.90. The molecule has 1 N–H and O–H groups in total. The molecule has 2 aromatic heterocycles. The maximum atomic E-state index is 5.26. The summed E-state index contributed by atoms with van der Waals surface area (Å²) in [6.45, 7) is 4.19. The zero-order valence-corrected chi connectivity index (χ0v) is 9.91. The minimum Gasteiger partial charge on any atom is -0.380 e. The van der Waals surface area contributed by atoms with Gasteiger partial charge in [0.15, 0.2) is 5.13 Å². The van der Waals surface area contributed by atoms with Crippen molar-refractivity contribution in [2.45, 2.75) is 13.5 Å². The molecule has 0 unspecified atom stereocenters. The normalized spacial score (nSPS) is 10.6. The van der Waals surface area contributed by atoms with E-state index in [9.17, 15) is 0 Å². The number of thiazole rings is 1. The van der Waals surface area contributed by atoms with E-state index in [1.807, 2.05) is 23.2 Å². The van der Waals surface area contributed by atoms with Crippen LogP contribution in [0.15, 0.2) is 24.0 Å². The molecule has 0 aliphatic rings. The smallest absolute Gasteiger partial charge is 0.187 e. The summed E-state index contributed by atoms with van der Waals surface area (Å²) < 4.78 is 7.11. The molecule has 2 heterocycles. The minimum absolute atomic E-state index is 0.689. The van der Waals surface area contributed by atoms with Crippen molar-refractivity contribution >= 4 is 22.2 Å². The molecular formula is C10H14N4OS. The van der Waals surface area contributed by atoms with E-state index in [1.54, 1.807) is 23.7 Å².